The molecule has 0 aromatic heterocycles. The SMILES string of the molecule is C=CCCCC[C@H]1CC[C@H](c2ccc(NC(=O)OCCC)cc2)CC1. The molecule has 0 saturated heterocycles. The third-order valence-electron chi connectivity index (χ3n) is 5.18. The molecule has 1 aliphatic carbocycles. The lowest BCUT2D eigenvalue weighted by molar-refractivity contribution is 0.161. The molecule has 138 valence electrons. The molecule has 0 aliphatic heterocycles. The Labute approximate surface area is 152 Å². The van der Waals surface area contributed by atoms with Crippen LogP contribution < -0.4 is 5.32 Å². The second-order valence-corrected chi connectivity index (χ2v) is 7.17. The number of allylic oxidation sites excluding steroid dienone is 1. The molecule has 1 N–H and O–H groups in total. The second kappa shape index (κ2) is 11.0. The number of ether oxygens (including phenoxy) is 1. The van der Waals surface area contributed by atoms with Crippen molar-refractivity contribution < 1.29 is 9.53 Å². The predicted molar refractivity (Wildman–Crippen MR) is 105 cm³/mol. The minimum Gasteiger partial charge on any atom is -0.449 e. The monoisotopic (exact) mass is 343 g/mol. The summed E-state index contributed by atoms with van der Waals surface area (Å²) in [7, 11) is 0. The molecular weight excluding hydrogens is 310 g/mol. The summed E-state index contributed by atoms with van der Waals surface area (Å²) in [6.07, 6.45) is 12.9. The van der Waals surface area contributed by atoms with E-state index in [0.29, 0.717) is 12.5 Å². The van der Waals surface area contributed by atoms with Crippen molar-refractivity contribution in [3.63, 3.8) is 0 Å². The van der Waals surface area contributed by atoms with Crippen LogP contribution in [-0.4, -0.2) is 12.7 Å². The number of anilines is 1. The summed E-state index contributed by atoms with van der Waals surface area (Å²) in [5.41, 5.74) is 2.21. The maximum atomic E-state index is 11.6. The number of carbonyl (C=O) groups is 1. The van der Waals surface area contributed by atoms with Gasteiger partial charge in [-0.25, -0.2) is 4.79 Å². The summed E-state index contributed by atoms with van der Waals surface area (Å²) in [5.74, 6) is 1.58. The molecule has 1 amide bonds. The highest BCUT2D eigenvalue weighted by Crippen LogP contribution is 2.38. The molecule has 3 nitrogen and oxygen atoms in total. The van der Waals surface area contributed by atoms with Gasteiger partial charge in [0.1, 0.15) is 0 Å². The fourth-order valence-electron chi connectivity index (χ4n) is 3.69. The summed E-state index contributed by atoms with van der Waals surface area (Å²) in [6.45, 7) is 6.24. The summed E-state index contributed by atoms with van der Waals surface area (Å²) < 4.78 is 5.05. The molecule has 2 rings (SSSR count). The molecule has 1 fully saturated rings. The van der Waals surface area contributed by atoms with Gasteiger partial charge in [0.15, 0.2) is 0 Å². The Bertz CT molecular complexity index is 515. The first kappa shape index (κ1) is 19.6. The minimum absolute atomic E-state index is 0.369. The van der Waals surface area contributed by atoms with Crippen LogP contribution in [0.1, 0.15) is 76.2 Å². The topological polar surface area (TPSA) is 38.3 Å². The number of amides is 1. The smallest absolute Gasteiger partial charge is 0.411 e. The Morgan fingerprint density at radius 3 is 2.56 bits per heavy atom. The van der Waals surface area contributed by atoms with E-state index >= 15 is 0 Å². The van der Waals surface area contributed by atoms with Crippen molar-refractivity contribution in [3.8, 4) is 0 Å². The second-order valence-electron chi connectivity index (χ2n) is 7.17. The lowest BCUT2D eigenvalue weighted by atomic mass is 9.77. The van der Waals surface area contributed by atoms with Crippen molar-refractivity contribution in [2.75, 3.05) is 11.9 Å². The van der Waals surface area contributed by atoms with E-state index in [2.05, 4.69) is 24.0 Å². The third kappa shape index (κ3) is 6.93. The number of carbonyl (C=O) groups excluding carboxylic acids is 1. The molecule has 1 aromatic rings. The molecule has 1 aliphatic rings. The Morgan fingerprint density at radius 1 is 1.20 bits per heavy atom. The average molecular weight is 344 g/mol. The quantitative estimate of drug-likeness (QED) is 0.402. The summed E-state index contributed by atoms with van der Waals surface area (Å²) in [6, 6.07) is 8.29. The van der Waals surface area contributed by atoms with Crippen LogP contribution in [0.15, 0.2) is 36.9 Å². The maximum absolute atomic E-state index is 11.6. The van der Waals surface area contributed by atoms with Crippen LogP contribution in [0.5, 0.6) is 0 Å². The zero-order chi connectivity index (χ0) is 17.9. The summed E-state index contributed by atoms with van der Waals surface area (Å²) in [4.78, 5) is 11.6. The Balaban J connectivity index is 1.74. The number of unbranched alkanes of at least 4 members (excludes halogenated alkanes) is 2. The molecule has 1 aromatic carbocycles. The molecule has 0 radical (unpaired) electrons. The number of benzene rings is 1. The standard InChI is InChI=1S/C22H33NO2/c1-3-5-6-7-8-18-9-11-19(12-10-18)20-13-15-21(16-14-20)23-22(24)25-17-4-2/h3,13-16,18-19H,1,4-12,17H2,2H3,(H,23,24)/t18-,19-. The van der Waals surface area contributed by atoms with Crippen molar-refractivity contribution in [2.45, 2.75) is 70.6 Å². The molecule has 1 saturated carbocycles. The van der Waals surface area contributed by atoms with Gasteiger partial charge < -0.3 is 4.74 Å². The number of rotatable bonds is 9. The molecule has 0 bridgehead atoms. The van der Waals surface area contributed by atoms with Gasteiger partial charge in [-0.15, -0.1) is 6.58 Å². The first-order chi connectivity index (χ1) is 12.2. The van der Waals surface area contributed by atoms with Crippen LogP contribution in [0.3, 0.4) is 0 Å². The van der Waals surface area contributed by atoms with E-state index in [4.69, 9.17) is 4.74 Å². The lowest BCUT2D eigenvalue weighted by Crippen LogP contribution is -2.15. The zero-order valence-electron chi connectivity index (χ0n) is 15.6. The van der Waals surface area contributed by atoms with Gasteiger partial charge in [-0.3, -0.25) is 5.32 Å². The van der Waals surface area contributed by atoms with Crippen molar-refractivity contribution in [1.29, 1.82) is 0 Å². The zero-order valence-corrected chi connectivity index (χ0v) is 15.6. The maximum Gasteiger partial charge on any atom is 0.411 e. The van der Waals surface area contributed by atoms with E-state index < -0.39 is 0 Å². The van der Waals surface area contributed by atoms with Gasteiger partial charge in [0.2, 0.25) is 0 Å². The number of hydrogen-bond donors (Lipinski definition) is 1. The van der Waals surface area contributed by atoms with Crippen LogP contribution in [0, 0.1) is 5.92 Å². The van der Waals surface area contributed by atoms with Crippen LogP contribution in [0.2, 0.25) is 0 Å². The molecule has 3 heteroatoms. The fourth-order valence-corrected chi connectivity index (χ4v) is 3.69. The van der Waals surface area contributed by atoms with Crippen LogP contribution >= 0.6 is 0 Å². The van der Waals surface area contributed by atoms with Gasteiger partial charge in [-0.05, 0) is 74.5 Å². The van der Waals surface area contributed by atoms with E-state index in [0.717, 1.165) is 24.4 Å². The minimum atomic E-state index is -0.369. The van der Waals surface area contributed by atoms with Crippen molar-refractivity contribution in [2.24, 2.45) is 5.92 Å². The normalized spacial score (nSPS) is 20.0. The van der Waals surface area contributed by atoms with Gasteiger partial charge >= 0.3 is 6.09 Å². The van der Waals surface area contributed by atoms with Gasteiger partial charge in [0.05, 0.1) is 6.61 Å². The Morgan fingerprint density at radius 2 is 1.92 bits per heavy atom. The van der Waals surface area contributed by atoms with E-state index in [1.54, 1.807) is 0 Å². The fraction of sp³-hybridized carbons (Fsp3) is 0.591. The van der Waals surface area contributed by atoms with E-state index in [-0.39, 0.29) is 6.09 Å². The molecular formula is C22H33NO2. The lowest BCUT2D eigenvalue weighted by Gasteiger charge is -2.29. The van der Waals surface area contributed by atoms with Crippen molar-refractivity contribution >= 4 is 11.8 Å². The Kier molecular flexibility index (Phi) is 8.58. The molecule has 0 atom stereocenters. The van der Waals surface area contributed by atoms with E-state index in [1.807, 2.05) is 25.1 Å². The number of hydrogen-bond acceptors (Lipinski definition) is 2. The van der Waals surface area contributed by atoms with Gasteiger partial charge in [0.25, 0.3) is 0 Å². The van der Waals surface area contributed by atoms with Crippen LogP contribution in [-0.2, 0) is 4.74 Å². The molecule has 0 spiro atoms. The first-order valence-corrected chi connectivity index (χ1v) is 9.87. The molecule has 0 unspecified atom stereocenters. The summed E-state index contributed by atoms with van der Waals surface area (Å²) >= 11 is 0. The largest absolute Gasteiger partial charge is 0.449 e. The first-order valence-electron chi connectivity index (χ1n) is 9.87. The number of nitrogens with one attached hydrogen (secondary N) is 1. The van der Waals surface area contributed by atoms with Crippen LogP contribution in [0.25, 0.3) is 0 Å². The van der Waals surface area contributed by atoms with Gasteiger partial charge in [0, 0.05) is 5.69 Å². The van der Waals surface area contributed by atoms with Crippen molar-refractivity contribution in [1.82, 2.24) is 0 Å². The molecule has 0 heterocycles. The predicted octanol–water partition coefficient (Wildman–Crippen LogP) is 6.67. The van der Waals surface area contributed by atoms with E-state index in [9.17, 15) is 4.79 Å². The van der Waals surface area contributed by atoms with Crippen LogP contribution in [0.4, 0.5) is 10.5 Å². The highest BCUT2D eigenvalue weighted by Gasteiger charge is 2.22. The summed E-state index contributed by atoms with van der Waals surface area (Å²) in [5, 5.41) is 2.78. The third-order valence-corrected chi connectivity index (χ3v) is 5.18. The highest BCUT2D eigenvalue weighted by atomic mass is 16.5. The Hall–Kier alpha value is -1.77. The van der Waals surface area contributed by atoms with Gasteiger partial charge in [-0.1, -0.05) is 38.0 Å². The van der Waals surface area contributed by atoms with Crippen molar-refractivity contribution in [3.05, 3.63) is 42.5 Å². The van der Waals surface area contributed by atoms with E-state index in [1.165, 1.54) is 50.5 Å². The highest BCUT2D eigenvalue weighted by molar-refractivity contribution is 5.84. The molecule has 25 heavy (non-hydrogen) atoms. The average Bonchev–Trinajstić information content (AvgIpc) is 2.65. The van der Waals surface area contributed by atoms with Gasteiger partial charge in [-0.2, -0.15) is 0 Å².